The summed E-state index contributed by atoms with van der Waals surface area (Å²) in [4.78, 5) is 4.35. The largest absolute Gasteiger partial charge is 0.334 e. The number of hydrogen-bond donors (Lipinski definition) is 0. The van der Waals surface area contributed by atoms with Crippen LogP contribution in [-0.4, -0.2) is 36.5 Å². The Bertz CT molecular complexity index is 1000. The molecule has 0 radical (unpaired) electrons. The molecular formula is C17H15Cl2N3O3S. The Labute approximate surface area is 161 Å². The third kappa shape index (κ3) is 4.07. The van der Waals surface area contributed by atoms with Crippen LogP contribution in [-0.2, 0) is 16.4 Å². The quantitative estimate of drug-likeness (QED) is 0.614. The molecular weight excluding hydrogens is 397 g/mol. The average Bonchev–Trinajstić information content (AvgIpc) is 3.09. The van der Waals surface area contributed by atoms with E-state index in [9.17, 15) is 8.42 Å². The molecule has 0 bridgehead atoms. The third-order valence-electron chi connectivity index (χ3n) is 3.73. The van der Waals surface area contributed by atoms with Crippen LogP contribution in [0, 0.1) is 0 Å². The van der Waals surface area contributed by atoms with E-state index in [-0.39, 0.29) is 16.5 Å². The molecule has 0 unspecified atom stereocenters. The Balaban J connectivity index is 1.69. The van der Waals surface area contributed by atoms with Gasteiger partial charge in [-0.3, -0.25) is 0 Å². The van der Waals surface area contributed by atoms with Crippen LogP contribution in [0.1, 0.15) is 5.82 Å². The van der Waals surface area contributed by atoms with E-state index in [1.807, 2.05) is 0 Å². The molecule has 0 aliphatic carbocycles. The molecule has 0 spiro atoms. The first kappa shape index (κ1) is 18.8. The molecule has 1 heterocycles. The monoisotopic (exact) mass is 411 g/mol. The number of rotatable bonds is 6. The van der Waals surface area contributed by atoms with Crippen LogP contribution in [0.4, 0.5) is 0 Å². The maximum atomic E-state index is 12.6. The summed E-state index contributed by atoms with van der Waals surface area (Å²) in [5.74, 6) is 0.768. The summed E-state index contributed by atoms with van der Waals surface area (Å²) < 4.78 is 31.6. The van der Waals surface area contributed by atoms with Crippen LogP contribution in [0.3, 0.4) is 0 Å². The van der Waals surface area contributed by atoms with Gasteiger partial charge < -0.3 is 4.52 Å². The normalized spacial score (nSPS) is 11.8. The fraction of sp³-hybridized carbons (Fsp3) is 0.176. The van der Waals surface area contributed by atoms with Gasteiger partial charge in [-0.25, -0.2) is 12.7 Å². The lowest BCUT2D eigenvalue weighted by Crippen LogP contribution is -2.29. The van der Waals surface area contributed by atoms with Gasteiger partial charge >= 0.3 is 0 Å². The van der Waals surface area contributed by atoms with Crippen molar-refractivity contribution in [2.45, 2.75) is 11.3 Å². The molecule has 0 saturated heterocycles. The fourth-order valence-corrected chi connectivity index (χ4v) is 4.05. The summed E-state index contributed by atoms with van der Waals surface area (Å²) in [6.45, 7) is 0.188. The molecule has 3 rings (SSSR count). The highest BCUT2D eigenvalue weighted by Gasteiger charge is 2.23. The van der Waals surface area contributed by atoms with Crippen molar-refractivity contribution in [3.05, 3.63) is 64.4 Å². The van der Waals surface area contributed by atoms with E-state index in [0.29, 0.717) is 23.2 Å². The third-order valence-corrected chi connectivity index (χ3v) is 6.34. The van der Waals surface area contributed by atoms with E-state index in [1.54, 1.807) is 42.5 Å². The smallest absolute Gasteiger partial charge is 0.257 e. The molecule has 0 atom stereocenters. The summed E-state index contributed by atoms with van der Waals surface area (Å²) in [7, 11) is -2.20. The predicted molar refractivity (Wildman–Crippen MR) is 99.7 cm³/mol. The van der Waals surface area contributed by atoms with Crippen molar-refractivity contribution in [3.8, 4) is 11.5 Å². The molecule has 9 heteroatoms. The van der Waals surface area contributed by atoms with Gasteiger partial charge in [0.1, 0.15) is 4.90 Å². The summed E-state index contributed by atoms with van der Waals surface area (Å²) in [6.07, 6.45) is 0.303. The molecule has 0 N–H and O–H groups in total. The molecule has 0 saturated carbocycles. The Kier molecular flexibility index (Phi) is 5.62. The topological polar surface area (TPSA) is 76.3 Å². The van der Waals surface area contributed by atoms with E-state index in [0.717, 1.165) is 5.56 Å². The standard InChI is InChI=1S/C17H15Cl2N3O3S/c1-22(26(23,24)15-5-3-2-4-14(15)19)11-10-16-20-17(25-21-16)12-6-8-13(18)9-7-12/h2-9H,10-11H2,1H3. The maximum Gasteiger partial charge on any atom is 0.257 e. The van der Waals surface area contributed by atoms with Crippen molar-refractivity contribution in [3.63, 3.8) is 0 Å². The first-order chi connectivity index (χ1) is 12.4. The number of hydrogen-bond acceptors (Lipinski definition) is 5. The first-order valence-corrected chi connectivity index (χ1v) is 9.87. The highest BCUT2D eigenvalue weighted by Crippen LogP contribution is 2.24. The predicted octanol–water partition coefficient (Wildman–Crippen LogP) is 3.91. The van der Waals surface area contributed by atoms with E-state index >= 15 is 0 Å². The van der Waals surface area contributed by atoms with Crippen LogP contribution in [0.2, 0.25) is 10.0 Å². The van der Waals surface area contributed by atoms with Gasteiger partial charge in [-0.05, 0) is 36.4 Å². The minimum absolute atomic E-state index is 0.0686. The van der Waals surface area contributed by atoms with Crippen molar-refractivity contribution in [2.75, 3.05) is 13.6 Å². The zero-order chi connectivity index (χ0) is 18.7. The van der Waals surface area contributed by atoms with Crippen molar-refractivity contribution in [1.82, 2.24) is 14.4 Å². The Hall–Kier alpha value is -1.93. The molecule has 2 aromatic carbocycles. The first-order valence-electron chi connectivity index (χ1n) is 7.67. The number of nitrogens with zero attached hydrogens (tertiary/aromatic N) is 3. The summed E-state index contributed by atoms with van der Waals surface area (Å²) in [5.41, 5.74) is 0.741. The second kappa shape index (κ2) is 7.75. The second-order valence-electron chi connectivity index (χ2n) is 5.53. The number of halogens is 2. The van der Waals surface area contributed by atoms with E-state index in [1.165, 1.54) is 17.4 Å². The molecule has 0 amide bonds. The van der Waals surface area contributed by atoms with Crippen LogP contribution in [0.15, 0.2) is 57.9 Å². The lowest BCUT2D eigenvalue weighted by atomic mass is 10.2. The van der Waals surface area contributed by atoms with Crippen LogP contribution < -0.4 is 0 Å². The Morgan fingerprint density at radius 3 is 2.46 bits per heavy atom. The minimum Gasteiger partial charge on any atom is -0.334 e. The lowest BCUT2D eigenvalue weighted by molar-refractivity contribution is 0.415. The molecule has 0 fully saturated rings. The molecule has 0 aliphatic heterocycles. The van der Waals surface area contributed by atoms with Crippen molar-refractivity contribution in [1.29, 1.82) is 0 Å². The van der Waals surface area contributed by atoms with Crippen LogP contribution in [0.25, 0.3) is 11.5 Å². The van der Waals surface area contributed by atoms with Gasteiger partial charge in [0, 0.05) is 30.6 Å². The van der Waals surface area contributed by atoms with Crippen LogP contribution in [0.5, 0.6) is 0 Å². The lowest BCUT2D eigenvalue weighted by Gasteiger charge is -2.17. The molecule has 0 aliphatic rings. The molecule has 6 nitrogen and oxygen atoms in total. The number of aromatic nitrogens is 2. The Morgan fingerprint density at radius 1 is 1.08 bits per heavy atom. The van der Waals surface area contributed by atoms with Gasteiger partial charge in [0.25, 0.3) is 5.89 Å². The maximum absolute atomic E-state index is 12.6. The molecule has 26 heavy (non-hydrogen) atoms. The highest BCUT2D eigenvalue weighted by atomic mass is 35.5. The summed E-state index contributed by atoms with van der Waals surface area (Å²) in [6, 6.07) is 13.3. The highest BCUT2D eigenvalue weighted by molar-refractivity contribution is 7.89. The van der Waals surface area contributed by atoms with Gasteiger partial charge in [0.05, 0.1) is 5.02 Å². The molecule has 136 valence electrons. The van der Waals surface area contributed by atoms with E-state index in [2.05, 4.69) is 10.1 Å². The van der Waals surface area contributed by atoms with Gasteiger partial charge in [-0.1, -0.05) is 40.5 Å². The SMILES string of the molecule is CN(CCc1noc(-c2ccc(Cl)cc2)n1)S(=O)(=O)c1ccccc1Cl. The fourth-order valence-electron chi connectivity index (χ4n) is 2.26. The van der Waals surface area contributed by atoms with Gasteiger partial charge in [0.2, 0.25) is 10.0 Å². The van der Waals surface area contributed by atoms with E-state index < -0.39 is 10.0 Å². The minimum atomic E-state index is -3.69. The van der Waals surface area contributed by atoms with Gasteiger partial charge in [-0.2, -0.15) is 4.98 Å². The summed E-state index contributed by atoms with van der Waals surface area (Å²) >= 11 is 11.9. The zero-order valence-corrected chi connectivity index (χ0v) is 16.1. The van der Waals surface area contributed by atoms with Crippen molar-refractivity contribution < 1.29 is 12.9 Å². The number of likely N-dealkylation sites (N-methyl/N-ethyl adjacent to an activating group) is 1. The van der Waals surface area contributed by atoms with Crippen molar-refractivity contribution in [2.24, 2.45) is 0 Å². The zero-order valence-electron chi connectivity index (χ0n) is 13.8. The van der Waals surface area contributed by atoms with Gasteiger partial charge in [-0.15, -0.1) is 0 Å². The second-order valence-corrected chi connectivity index (χ2v) is 8.39. The Morgan fingerprint density at radius 2 is 1.77 bits per heavy atom. The van der Waals surface area contributed by atoms with Crippen molar-refractivity contribution >= 4 is 33.2 Å². The number of benzene rings is 2. The molecule has 1 aromatic heterocycles. The van der Waals surface area contributed by atoms with Gasteiger partial charge in [0.15, 0.2) is 5.82 Å². The summed E-state index contributed by atoms with van der Waals surface area (Å²) in [5, 5.41) is 4.69. The number of sulfonamides is 1. The van der Waals surface area contributed by atoms with Crippen LogP contribution >= 0.6 is 23.2 Å². The average molecular weight is 412 g/mol. The molecule has 3 aromatic rings. The van der Waals surface area contributed by atoms with E-state index in [4.69, 9.17) is 27.7 Å².